The lowest BCUT2D eigenvalue weighted by Gasteiger charge is -2.34. The molecule has 1 rings (SSSR count). The largest absolute Gasteiger partial charge is 0.480 e. The maximum atomic E-state index is 11.6. The second kappa shape index (κ2) is 5.30. The molecule has 0 aromatic heterocycles. The molecule has 17 heavy (non-hydrogen) atoms. The quantitative estimate of drug-likeness (QED) is 0.653. The lowest BCUT2D eigenvalue weighted by atomic mass is 9.95. The van der Waals surface area contributed by atoms with Crippen molar-refractivity contribution in [2.24, 2.45) is 0 Å². The second-order valence-electron chi connectivity index (χ2n) is 4.24. The first-order valence-electron chi connectivity index (χ1n) is 5.21. The number of carboxylic acids is 1. The molecule has 0 bridgehead atoms. The van der Waals surface area contributed by atoms with Crippen LogP contribution < -0.4 is 0 Å². The van der Waals surface area contributed by atoms with Crippen molar-refractivity contribution in [2.75, 3.05) is 32.6 Å². The SMILES string of the molecule is CN(CC1(O)CCOCC1)S(=O)(=O)CC(=O)O. The zero-order chi connectivity index (χ0) is 13.1. The van der Waals surface area contributed by atoms with E-state index in [1.165, 1.54) is 7.05 Å². The van der Waals surface area contributed by atoms with Crippen molar-refractivity contribution in [3.63, 3.8) is 0 Å². The molecular formula is C9H17NO6S. The summed E-state index contributed by atoms with van der Waals surface area (Å²) < 4.78 is 29.1. The lowest BCUT2D eigenvalue weighted by molar-refractivity contribution is -0.134. The zero-order valence-corrected chi connectivity index (χ0v) is 10.4. The normalized spacial score (nSPS) is 20.4. The Morgan fingerprint density at radius 3 is 2.41 bits per heavy atom. The predicted octanol–water partition coefficient (Wildman–Crippen LogP) is -1.13. The van der Waals surface area contributed by atoms with Gasteiger partial charge in [0.2, 0.25) is 10.0 Å². The summed E-state index contributed by atoms with van der Waals surface area (Å²) in [6, 6.07) is 0. The molecule has 0 radical (unpaired) electrons. The van der Waals surface area contributed by atoms with Crippen LogP contribution in [0, 0.1) is 0 Å². The molecule has 0 aromatic carbocycles. The van der Waals surface area contributed by atoms with Gasteiger partial charge in [-0.2, -0.15) is 0 Å². The number of hydrogen-bond acceptors (Lipinski definition) is 5. The average molecular weight is 267 g/mol. The first kappa shape index (κ1) is 14.4. The van der Waals surface area contributed by atoms with Crippen LogP contribution in [0.3, 0.4) is 0 Å². The van der Waals surface area contributed by atoms with Crippen LogP contribution in [0.5, 0.6) is 0 Å². The van der Waals surface area contributed by atoms with Crippen LogP contribution in [0.25, 0.3) is 0 Å². The molecule has 0 atom stereocenters. The molecule has 0 spiro atoms. The number of carbonyl (C=O) groups is 1. The van der Waals surface area contributed by atoms with E-state index < -0.39 is 27.3 Å². The van der Waals surface area contributed by atoms with Gasteiger partial charge >= 0.3 is 5.97 Å². The summed E-state index contributed by atoms with van der Waals surface area (Å²) >= 11 is 0. The monoisotopic (exact) mass is 267 g/mol. The van der Waals surface area contributed by atoms with E-state index in [9.17, 15) is 18.3 Å². The van der Waals surface area contributed by atoms with Gasteiger partial charge in [-0.25, -0.2) is 12.7 Å². The Bertz CT molecular complexity index is 373. The molecule has 0 amide bonds. The molecule has 0 unspecified atom stereocenters. The highest BCUT2D eigenvalue weighted by molar-refractivity contribution is 7.89. The summed E-state index contributed by atoms with van der Waals surface area (Å²) in [5.74, 6) is -2.37. The third-order valence-corrected chi connectivity index (χ3v) is 4.41. The fourth-order valence-corrected chi connectivity index (χ4v) is 2.66. The number of nitrogens with zero attached hydrogens (tertiary/aromatic N) is 1. The smallest absolute Gasteiger partial charge is 0.320 e. The van der Waals surface area contributed by atoms with Gasteiger partial charge in [-0.3, -0.25) is 4.79 Å². The lowest BCUT2D eigenvalue weighted by Crippen LogP contribution is -2.48. The van der Waals surface area contributed by atoms with E-state index in [1.54, 1.807) is 0 Å². The van der Waals surface area contributed by atoms with E-state index in [2.05, 4.69) is 0 Å². The minimum atomic E-state index is -3.86. The van der Waals surface area contributed by atoms with E-state index in [-0.39, 0.29) is 6.54 Å². The molecule has 2 N–H and O–H groups in total. The molecule has 8 heteroatoms. The summed E-state index contributed by atoms with van der Waals surface area (Å²) in [5, 5.41) is 18.6. The summed E-state index contributed by atoms with van der Waals surface area (Å²) in [6.45, 7) is 0.651. The first-order valence-corrected chi connectivity index (χ1v) is 6.82. The van der Waals surface area contributed by atoms with Crippen LogP contribution >= 0.6 is 0 Å². The van der Waals surface area contributed by atoms with Crippen LogP contribution in [0.1, 0.15) is 12.8 Å². The van der Waals surface area contributed by atoms with Gasteiger partial charge in [-0.1, -0.05) is 0 Å². The number of sulfonamides is 1. The molecule has 0 saturated carbocycles. The number of rotatable bonds is 5. The summed E-state index contributed by atoms with van der Waals surface area (Å²) in [4.78, 5) is 10.4. The summed E-state index contributed by atoms with van der Waals surface area (Å²) in [5.41, 5.74) is -1.13. The number of aliphatic carboxylic acids is 1. The molecule has 1 saturated heterocycles. The third kappa shape index (κ3) is 4.23. The van der Waals surface area contributed by atoms with E-state index in [0.717, 1.165) is 4.31 Å². The van der Waals surface area contributed by atoms with E-state index in [0.29, 0.717) is 26.1 Å². The molecule has 100 valence electrons. The molecule has 1 aliphatic heterocycles. The Morgan fingerprint density at radius 2 is 1.94 bits per heavy atom. The Morgan fingerprint density at radius 1 is 1.41 bits per heavy atom. The van der Waals surface area contributed by atoms with Crippen LogP contribution in [-0.2, 0) is 19.6 Å². The van der Waals surface area contributed by atoms with Gasteiger partial charge in [0.05, 0.1) is 5.60 Å². The summed E-state index contributed by atoms with van der Waals surface area (Å²) in [6.07, 6.45) is 0.694. The summed E-state index contributed by atoms with van der Waals surface area (Å²) in [7, 11) is -2.59. The Kier molecular flexibility index (Phi) is 4.48. The Balaban J connectivity index is 2.64. The van der Waals surface area contributed by atoms with Gasteiger partial charge in [-0.05, 0) is 0 Å². The molecule has 0 aliphatic carbocycles. The minimum Gasteiger partial charge on any atom is -0.480 e. The van der Waals surface area contributed by atoms with Crippen LogP contribution in [0.15, 0.2) is 0 Å². The van der Waals surface area contributed by atoms with Crippen LogP contribution in [-0.4, -0.2) is 67.1 Å². The topological polar surface area (TPSA) is 104 Å². The fourth-order valence-electron chi connectivity index (χ4n) is 1.69. The fraction of sp³-hybridized carbons (Fsp3) is 0.889. The second-order valence-corrected chi connectivity index (χ2v) is 6.32. The van der Waals surface area contributed by atoms with Gasteiger partial charge in [-0.15, -0.1) is 0 Å². The van der Waals surface area contributed by atoms with Gasteiger partial charge in [0.25, 0.3) is 0 Å². The van der Waals surface area contributed by atoms with Crippen molar-refractivity contribution in [1.82, 2.24) is 4.31 Å². The van der Waals surface area contributed by atoms with E-state index in [1.807, 2.05) is 0 Å². The highest BCUT2D eigenvalue weighted by Gasteiger charge is 2.34. The predicted molar refractivity (Wildman–Crippen MR) is 59.1 cm³/mol. The molecule has 1 aliphatic rings. The van der Waals surface area contributed by atoms with Crippen molar-refractivity contribution in [3.8, 4) is 0 Å². The van der Waals surface area contributed by atoms with Gasteiger partial charge in [0, 0.05) is 39.6 Å². The number of ether oxygens (including phenoxy) is 1. The van der Waals surface area contributed by atoms with E-state index in [4.69, 9.17) is 9.84 Å². The standard InChI is InChI=1S/C9H17NO6S/c1-10(17(14,15)6-8(11)12)7-9(13)2-4-16-5-3-9/h13H,2-7H2,1H3,(H,11,12). The third-order valence-electron chi connectivity index (χ3n) is 2.72. The van der Waals surface area contributed by atoms with Crippen molar-refractivity contribution in [2.45, 2.75) is 18.4 Å². The van der Waals surface area contributed by atoms with Crippen LogP contribution in [0.4, 0.5) is 0 Å². The Hall–Kier alpha value is -0.700. The van der Waals surface area contributed by atoms with Crippen molar-refractivity contribution < 1.29 is 28.2 Å². The van der Waals surface area contributed by atoms with Gasteiger partial charge in [0.1, 0.15) is 0 Å². The molecule has 1 fully saturated rings. The van der Waals surface area contributed by atoms with Crippen molar-refractivity contribution in [1.29, 1.82) is 0 Å². The molecule has 7 nitrogen and oxygen atoms in total. The number of hydrogen-bond donors (Lipinski definition) is 2. The number of carboxylic acid groups (broad SMARTS) is 1. The molecular weight excluding hydrogens is 250 g/mol. The maximum Gasteiger partial charge on any atom is 0.320 e. The van der Waals surface area contributed by atoms with Gasteiger partial charge < -0.3 is 14.9 Å². The van der Waals surface area contributed by atoms with Crippen LogP contribution in [0.2, 0.25) is 0 Å². The number of likely N-dealkylation sites (N-methyl/N-ethyl adjacent to an activating group) is 1. The van der Waals surface area contributed by atoms with Crippen molar-refractivity contribution in [3.05, 3.63) is 0 Å². The Labute approximate surface area is 100 Å². The highest BCUT2D eigenvalue weighted by Crippen LogP contribution is 2.22. The average Bonchev–Trinajstić information content (AvgIpc) is 2.15. The van der Waals surface area contributed by atoms with Crippen molar-refractivity contribution >= 4 is 16.0 Å². The molecule has 0 aromatic rings. The molecule has 1 heterocycles. The minimum absolute atomic E-state index is 0.105. The van der Waals surface area contributed by atoms with E-state index >= 15 is 0 Å². The number of aliphatic hydroxyl groups is 1. The van der Waals surface area contributed by atoms with Gasteiger partial charge in [0.15, 0.2) is 5.75 Å². The highest BCUT2D eigenvalue weighted by atomic mass is 32.2. The zero-order valence-electron chi connectivity index (χ0n) is 9.63. The maximum absolute atomic E-state index is 11.6. The first-order chi connectivity index (χ1) is 7.75.